The number of hydrogen-bond donors (Lipinski definition) is 1. The van der Waals surface area contributed by atoms with Crippen LogP contribution in [0.2, 0.25) is 0 Å². The zero-order valence-electron chi connectivity index (χ0n) is 17.7. The molecule has 2 aliphatic heterocycles. The van der Waals surface area contributed by atoms with E-state index in [9.17, 15) is 14.4 Å². The highest BCUT2D eigenvalue weighted by atomic mass is 32.1. The van der Waals surface area contributed by atoms with Gasteiger partial charge in [0.25, 0.3) is 5.91 Å². The van der Waals surface area contributed by atoms with Crippen molar-refractivity contribution < 1.29 is 19.1 Å². The fraction of sp³-hybridized carbons (Fsp3) is 0.400. The number of anilines is 1. The molecule has 168 valence electrons. The number of aliphatic imine (C=N–C) groups is 1. The molecule has 12 heteroatoms. The molecule has 2 aliphatic rings. The molecule has 1 saturated heterocycles. The van der Waals surface area contributed by atoms with Gasteiger partial charge in [-0.05, 0) is 18.6 Å². The van der Waals surface area contributed by atoms with Crippen LogP contribution in [0, 0.1) is 0 Å². The molecule has 0 spiro atoms. The summed E-state index contributed by atoms with van der Waals surface area (Å²) >= 11 is 1.30. The van der Waals surface area contributed by atoms with E-state index in [1.807, 2.05) is 30.3 Å². The van der Waals surface area contributed by atoms with Gasteiger partial charge in [-0.2, -0.15) is 0 Å². The number of nitrogens with one attached hydrogen (secondary N) is 1. The Bertz CT molecular complexity index is 1030. The van der Waals surface area contributed by atoms with Crippen molar-refractivity contribution in [3.63, 3.8) is 0 Å². The van der Waals surface area contributed by atoms with Gasteiger partial charge in [-0.3, -0.25) is 19.8 Å². The van der Waals surface area contributed by atoms with Crippen LogP contribution >= 0.6 is 11.3 Å². The van der Waals surface area contributed by atoms with Gasteiger partial charge in [0.15, 0.2) is 12.2 Å². The summed E-state index contributed by atoms with van der Waals surface area (Å²) in [6.45, 7) is 0.466. The largest absolute Gasteiger partial charge is 0.494 e. The van der Waals surface area contributed by atoms with Gasteiger partial charge in [0.2, 0.25) is 11.0 Å². The molecule has 1 fully saturated rings. The Balaban J connectivity index is 1.25. The number of nitrogens with zero attached hydrogens (tertiary/aromatic N) is 6. The SMILES string of the molecule is CN1C(=O)C2C(N=CN2CC(=O)Nc2nnc(CCCOc3ccccc3)s2)N(C)C1=O. The summed E-state index contributed by atoms with van der Waals surface area (Å²) in [5.41, 5.74) is 0. The minimum Gasteiger partial charge on any atom is -0.494 e. The third kappa shape index (κ3) is 4.54. The third-order valence-electron chi connectivity index (χ3n) is 5.16. The Kier molecular flexibility index (Phi) is 6.30. The highest BCUT2D eigenvalue weighted by Gasteiger charge is 2.48. The van der Waals surface area contributed by atoms with Crippen LogP contribution in [0.4, 0.5) is 9.93 Å². The molecule has 0 bridgehead atoms. The first kappa shape index (κ1) is 21.7. The van der Waals surface area contributed by atoms with Crippen molar-refractivity contribution in [3.05, 3.63) is 35.3 Å². The standard InChI is InChI=1S/C20H23N7O4S/c1-25-17-16(18(29)26(2)20(25)30)27(12-21-17)11-14(28)22-19-24-23-15(32-19)9-6-10-31-13-7-4-3-5-8-13/h3-5,7-8,12,16-17H,6,9-11H2,1-2H3,(H,22,24,28). The molecular formula is C20H23N7O4S. The Morgan fingerprint density at radius 1 is 1.19 bits per heavy atom. The number of para-hydroxylation sites is 1. The lowest BCUT2D eigenvalue weighted by atomic mass is 10.1. The van der Waals surface area contributed by atoms with Gasteiger partial charge >= 0.3 is 6.03 Å². The number of fused-ring (bicyclic) bond motifs is 1. The monoisotopic (exact) mass is 457 g/mol. The van der Waals surface area contributed by atoms with Crippen LogP contribution in [0.1, 0.15) is 11.4 Å². The number of ether oxygens (including phenoxy) is 1. The van der Waals surface area contributed by atoms with Gasteiger partial charge in [0.05, 0.1) is 19.5 Å². The van der Waals surface area contributed by atoms with E-state index in [0.717, 1.165) is 22.1 Å². The highest BCUT2D eigenvalue weighted by molar-refractivity contribution is 7.15. The van der Waals surface area contributed by atoms with Crippen LogP contribution in [0.25, 0.3) is 0 Å². The number of hydrogen-bond acceptors (Lipinski definition) is 9. The maximum absolute atomic E-state index is 12.5. The topological polar surface area (TPSA) is 120 Å². The first-order valence-corrected chi connectivity index (χ1v) is 10.9. The fourth-order valence-corrected chi connectivity index (χ4v) is 4.30. The Hall–Kier alpha value is -3.54. The molecule has 2 atom stereocenters. The summed E-state index contributed by atoms with van der Waals surface area (Å²) < 4.78 is 5.66. The van der Waals surface area contributed by atoms with Crippen molar-refractivity contribution in [2.45, 2.75) is 25.0 Å². The summed E-state index contributed by atoms with van der Waals surface area (Å²) in [6, 6.07) is 8.44. The number of carbonyl (C=O) groups is 3. The van der Waals surface area contributed by atoms with Crippen molar-refractivity contribution in [2.75, 3.05) is 32.6 Å². The van der Waals surface area contributed by atoms with Crippen molar-refractivity contribution in [1.29, 1.82) is 0 Å². The van der Waals surface area contributed by atoms with Gasteiger partial charge in [0, 0.05) is 20.5 Å². The molecule has 1 N–H and O–H groups in total. The predicted molar refractivity (Wildman–Crippen MR) is 117 cm³/mol. The smallest absolute Gasteiger partial charge is 0.328 e. The van der Waals surface area contributed by atoms with E-state index in [-0.39, 0.29) is 18.4 Å². The van der Waals surface area contributed by atoms with Crippen molar-refractivity contribution in [3.8, 4) is 5.75 Å². The van der Waals surface area contributed by atoms with E-state index in [4.69, 9.17) is 4.74 Å². The molecule has 0 aliphatic carbocycles. The van der Waals surface area contributed by atoms with Gasteiger partial charge < -0.3 is 14.5 Å². The van der Waals surface area contributed by atoms with Crippen LogP contribution in [0.15, 0.2) is 35.3 Å². The molecule has 11 nitrogen and oxygen atoms in total. The number of aromatic nitrogens is 2. The summed E-state index contributed by atoms with van der Waals surface area (Å²) in [4.78, 5) is 45.3. The molecule has 0 radical (unpaired) electrons. The molecule has 2 unspecified atom stereocenters. The second kappa shape index (κ2) is 9.30. The number of urea groups is 1. The fourth-order valence-electron chi connectivity index (χ4n) is 3.50. The maximum atomic E-state index is 12.5. The van der Waals surface area contributed by atoms with E-state index in [1.165, 1.54) is 34.5 Å². The average molecular weight is 458 g/mol. The van der Waals surface area contributed by atoms with Crippen molar-refractivity contribution in [1.82, 2.24) is 24.9 Å². The first-order valence-electron chi connectivity index (χ1n) is 10.1. The van der Waals surface area contributed by atoms with E-state index < -0.39 is 18.2 Å². The number of imide groups is 1. The van der Waals surface area contributed by atoms with Crippen LogP contribution in [0.3, 0.4) is 0 Å². The van der Waals surface area contributed by atoms with Crippen LogP contribution < -0.4 is 10.1 Å². The van der Waals surface area contributed by atoms with E-state index in [0.29, 0.717) is 18.2 Å². The number of carbonyl (C=O) groups excluding carboxylic acids is 3. The molecule has 32 heavy (non-hydrogen) atoms. The number of rotatable bonds is 8. The van der Waals surface area contributed by atoms with Crippen LogP contribution in [-0.4, -0.2) is 88.5 Å². The summed E-state index contributed by atoms with van der Waals surface area (Å²) in [7, 11) is 3.00. The summed E-state index contributed by atoms with van der Waals surface area (Å²) in [6.07, 6.45) is 2.26. The second-order valence-corrected chi connectivity index (χ2v) is 8.46. The lowest BCUT2D eigenvalue weighted by Crippen LogP contribution is -2.64. The predicted octanol–water partition coefficient (Wildman–Crippen LogP) is 1.05. The number of benzene rings is 1. The Morgan fingerprint density at radius 3 is 2.75 bits per heavy atom. The molecule has 4 rings (SSSR count). The highest BCUT2D eigenvalue weighted by Crippen LogP contribution is 2.24. The lowest BCUT2D eigenvalue weighted by Gasteiger charge is -2.39. The van der Waals surface area contributed by atoms with Crippen LogP contribution in [-0.2, 0) is 16.0 Å². The van der Waals surface area contributed by atoms with Gasteiger partial charge in [0.1, 0.15) is 10.8 Å². The van der Waals surface area contributed by atoms with Crippen LogP contribution in [0.5, 0.6) is 5.75 Å². The number of amides is 4. The molecule has 0 saturated carbocycles. The molecule has 3 heterocycles. The first-order chi connectivity index (χ1) is 15.4. The normalized spacial score (nSPS) is 20.0. The third-order valence-corrected chi connectivity index (χ3v) is 6.06. The molecule has 1 aromatic heterocycles. The molecule has 2 aromatic rings. The lowest BCUT2D eigenvalue weighted by molar-refractivity contribution is -0.136. The van der Waals surface area contributed by atoms with E-state index in [2.05, 4.69) is 20.5 Å². The van der Waals surface area contributed by atoms with Crippen molar-refractivity contribution in [2.24, 2.45) is 4.99 Å². The molecule has 4 amide bonds. The van der Waals surface area contributed by atoms with Gasteiger partial charge in [-0.15, -0.1) is 10.2 Å². The minimum absolute atomic E-state index is 0.0912. The van der Waals surface area contributed by atoms with Gasteiger partial charge in [-0.1, -0.05) is 29.5 Å². The summed E-state index contributed by atoms with van der Waals surface area (Å²) in [5.74, 6) is 0.0881. The van der Waals surface area contributed by atoms with E-state index >= 15 is 0 Å². The molecular weight excluding hydrogens is 434 g/mol. The number of likely N-dealkylation sites (N-methyl/N-ethyl adjacent to an activating group) is 2. The van der Waals surface area contributed by atoms with Gasteiger partial charge in [-0.25, -0.2) is 9.79 Å². The van der Waals surface area contributed by atoms with Crippen molar-refractivity contribution >= 4 is 40.7 Å². The summed E-state index contributed by atoms with van der Waals surface area (Å²) in [5, 5.41) is 12.0. The maximum Gasteiger partial charge on any atom is 0.328 e. The minimum atomic E-state index is -0.719. The zero-order chi connectivity index (χ0) is 22.7. The Morgan fingerprint density at radius 2 is 1.97 bits per heavy atom. The van der Waals surface area contributed by atoms with E-state index in [1.54, 1.807) is 7.05 Å². The quantitative estimate of drug-likeness (QED) is 0.588. The number of aryl methyl sites for hydroxylation is 1. The average Bonchev–Trinajstić information content (AvgIpc) is 3.41. The Labute approximate surface area is 188 Å². The zero-order valence-corrected chi connectivity index (χ0v) is 18.5. The second-order valence-electron chi connectivity index (χ2n) is 7.40. The molecule has 1 aromatic carbocycles.